The van der Waals surface area contributed by atoms with Gasteiger partial charge in [-0.3, -0.25) is 16.8 Å². The Morgan fingerprint density at radius 2 is 0.471 bits per heavy atom. The van der Waals surface area contributed by atoms with E-state index in [0.29, 0.717) is 0 Å². The zero-order valence-electron chi connectivity index (χ0n) is 7.44. The molecule has 14 nitrogen and oxygen atoms in total. The Morgan fingerprint density at radius 1 is 0.471 bits per heavy atom. The van der Waals surface area contributed by atoms with Crippen LogP contribution in [0, 0.1) is 0 Å². The van der Waals surface area contributed by atoms with Crippen LogP contribution in [0.25, 0.3) is 0 Å². The Labute approximate surface area is 106 Å². The molecule has 17 heteroatoms. The van der Waals surface area contributed by atoms with Crippen LogP contribution in [-0.2, 0) is 37.9 Å². The van der Waals surface area contributed by atoms with Crippen LogP contribution in [0.15, 0.2) is 0 Å². The van der Waals surface area contributed by atoms with Gasteiger partial charge in [-0.2, -0.15) is 0 Å². The quantitative estimate of drug-likeness (QED) is 0.227. The Bertz CT molecular complexity index is 211. The van der Waals surface area contributed by atoms with E-state index in [4.69, 9.17) is 35.0 Å². The maximum absolute atomic E-state index is 8.52. The van der Waals surface area contributed by atoms with Crippen molar-refractivity contribution in [3.8, 4) is 0 Å². The van der Waals surface area contributed by atoms with Gasteiger partial charge in [0.2, 0.25) is 0 Å². The predicted molar refractivity (Wildman–Crippen MR) is 42.6 cm³/mol. The zero-order chi connectivity index (χ0) is 9.00. The second-order valence-corrected chi connectivity index (χ2v) is 2.45. The van der Waals surface area contributed by atoms with Crippen molar-refractivity contribution in [2.24, 2.45) is 0 Å². The molecule has 0 aliphatic rings. The summed E-state index contributed by atoms with van der Waals surface area (Å²) < 4.78 is 68.2. The molecule has 0 aromatic carbocycles. The molecule has 0 aliphatic heterocycles. The first kappa shape index (κ1) is 67.9. The maximum Gasteiger partial charge on any atom is 4.00 e. The molecule has 0 radical (unpaired) electrons. The topological polar surface area (TPSA) is 350 Å². The fourth-order valence-electron chi connectivity index (χ4n) is 0. The first-order valence-electron chi connectivity index (χ1n) is 1.33. The molecule has 0 spiro atoms. The molecule has 0 aromatic heterocycles. The van der Waals surface area contributed by atoms with E-state index in [1.807, 2.05) is 0 Å². The molecule has 17 heavy (non-hydrogen) atoms. The molecule has 0 atom stereocenters. The summed E-state index contributed by atoms with van der Waals surface area (Å²) in [4.78, 5) is 0. The van der Waals surface area contributed by atoms with E-state index in [0.717, 1.165) is 0 Å². The smallest absolute Gasteiger partial charge is 0.759 e. The summed E-state index contributed by atoms with van der Waals surface area (Å²) in [6, 6.07) is 0. The summed E-state index contributed by atoms with van der Waals surface area (Å²) in [6.45, 7) is 0. The van der Waals surface area contributed by atoms with E-state index in [1.54, 1.807) is 0 Å². The maximum atomic E-state index is 8.52. The van der Waals surface area contributed by atoms with E-state index in [1.165, 1.54) is 0 Å². The Morgan fingerprint density at radius 3 is 0.471 bits per heavy atom. The fourth-order valence-corrected chi connectivity index (χ4v) is 0. The van der Waals surface area contributed by atoms with Crippen molar-refractivity contribution in [1.29, 1.82) is 0 Å². The molecule has 0 aliphatic carbocycles. The number of hydrogen-bond donors (Lipinski definition) is 0. The standard InChI is InChI=1S/Fe.2H2O4S.6H2O/c;2*1-5(2,3)4;;;;;;/h;2*(H2,1,2,3,4);6*1H2/q+4;;;;;;;;/p-4. The van der Waals surface area contributed by atoms with Crippen LogP contribution < -0.4 is 0 Å². The molecular weight excluding hydrogens is 344 g/mol. The number of rotatable bonds is 0. The van der Waals surface area contributed by atoms with Gasteiger partial charge >= 0.3 is 17.1 Å². The second kappa shape index (κ2) is 25.0. The van der Waals surface area contributed by atoms with Crippen LogP contribution in [0.5, 0.6) is 0 Å². The van der Waals surface area contributed by atoms with Crippen LogP contribution >= 0.6 is 0 Å². The molecule has 0 heterocycles. The van der Waals surface area contributed by atoms with Crippen molar-refractivity contribution in [2.75, 3.05) is 0 Å². The fraction of sp³-hybridized carbons (Fsp3) is 0. The molecule has 116 valence electrons. The minimum absolute atomic E-state index is 0. The van der Waals surface area contributed by atoms with Gasteiger partial charge in [-0.15, -0.1) is 0 Å². The molecule has 0 unspecified atom stereocenters. The van der Waals surface area contributed by atoms with Crippen LogP contribution in [0.1, 0.15) is 0 Å². The Hall–Kier alpha value is 0.0195. The van der Waals surface area contributed by atoms with Gasteiger partial charge in [0.25, 0.3) is 0 Å². The van der Waals surface area contributed by atoms with Gasteiger partial charge in [0.15, 0.2) is 0 Å². The summed E-state index contributed by atoms with van der Waals surface area (Å²) in [7, 11) is -10.3. The minimum atomic E-state index is -5.17. The Kier molecular flexibility index (Phi) is 99.9. The van der Waals surface area contributed by atoms with Gasteiger partial charge in [-0.1, -0.05) is 0 Å². The summed E-state index contributed by atoms with van der Waals surface area (Å²) >= 11 is 0. The van der Waals surface area contributed by atoms with Gasteiger partial charge in [0, 0.05) is 20.8 Å². The van der Waals surface area contributed by atoms with Crippen LogP contribution in [0.4, 0.5) is 0 Å². The van der Waals surface area contributed by atoms with Gasteiger partial charge in [0.1, 0.15) is 0 Å². The minimum Gasteiger partial charge on any atom is -0.759 e. The SMILES string of the molecule is O.O.O.O.O.O.O=S(=O)([O-])[O-].O=S(=O)([O-])[O-].[Fe+4]. The zero-order valence-corrected chi connectivity index (χ0v) is 10.2. The van der Waals surface area contributed by atoms with Crippen molar-refractivity contribution in [2.45, 2.75) is 0 Å². The van der Waals surface area contributed by atoms with Crippen molar-refractivity contribution in [3.63, 3.8) is 0 Å². The van der Waals surface area contributed by atoms with Crippen molar-refractivity contribution >= 4 is 20.8 Å². The van der Waals surface area contributed by atoms with Crippen molar-refractivity contribution in [1.82, 2.24) is 0 Å². The van der Waals surface area contributed by atoms with Gasteiger partial charge in [-0.25, -0.2) is 0 Å². The molecule has 12 N–H and O–H groups in total. The first-order chi connectivity index (χ1) is 4.00. The van der Waals surface area contributed by atoms with E-state index >= 15 is 0 Å². The van der Waals surface area contributed by atoms with Crippen LogP contribution in [-0.4, -0.2) is 67.9 Å². The average Bonchev–Trinajstić information content (AvgIpc) is 1.12. The molecule has 0 rings (SSSR count). The van der Waals surface area contributed by atoms with Crippen LogP contribution in [0.2, 0.25) is 0 Å². The van der Waals surface area contributed by atoms with Crippen LogP contribution in [0.3, 0.4) is 0 Å². The number of hydrogen-bond acceptors (Lipinski definition) is 8. The predicted octanol–water partition coefficient (Wildman–Crippen LogP) is -7.63. The normalized spacial score (nSPS) is 6.82. The van der Waals surface area contributed by atoms with E-state index in [2.05, 4.69) is 0 Å². The molecule has 0 fully saturated rings. The third-order valence-electron chi connectivity index (χ3n) is 0. The first-order valence-corrected chi connectivity index (χ1v) is 4.00. The van der Waals surface area contributed by atoms with Crippen molar-refractivity contribution < 1.29 is 85.0 Å². The van der Waals surface area contributed by atoms with E-state index in [9.17, 15) is 0 Å². The largest absolute Gasteiger partial charge is 4.00 e. The van der Waals surface area contributed by atoms with Gasteiger partial charge in [0.05, 0.1) is 0 Å². The molecule has 0 saturated carbocycles. The molecule has 0 aromatic rings. The molecule has 0 amide bonds. The van der Waals surface area contributed by atoms with Gasteiger partial charge < -0.3 is 51.1 Å². The average molecular weight is 356 g/mol. The molecule has 0 saturated heterocycles. The summed E-state index contributed by atoms with van der Waals surface area (Å²) in [5.74, 6) is 0. The van der Waals surface area contributed by atoms with Crippen molar-refractivity contribution in [3.05, 3.63) is 0 Å². The molecular formula is H12FeO14S2. The second-order valence-electron chi connectivity index (χ2n) is 0.816. The summed E-state index contributed by atoms with van der Waals surface area (Å²) in [5, 5.41) is 0. The summed E-state index contributed by atoms with van der Waals surface area (Å²) in [6.07, 6.45) is 0. The van der Waals surface area contributed by atoms with E-state index in [-0.39, 0.29) is 49.9 Å². The molecule has 0 bridgehead atoms. The Balaban J connectivity index is -0.00000000762. The third kappa shape index (κ3) is 8300000. The summed E-state index contributed by atoms with van der Waals surface area (Å²) in [5.41, 5.74) is 0. The third-order valence-corrected chi connectivity index (χ3v) is 0. The monoisotopic (exact) mass is 356 g/mol. The van der Waals surface area contributed by atoms with E-state index < -0.39 is 20.8 Å². The van der Waals surface area contributed by atoms with Gasteiger partial charge in [-0.05, 0) is 0 Å².